The van der Waals surface area contributed by atoms with E-state index in [9.17, 15) is 9.59 Å². The van der Waals surface area contributed by atoms with Gasteiger partial charge in [-0.15, -0.1) is 0 Å². The van der Waals surface area contributed by atoms with Gasteiger partial charge in [0.1, 0.15) is 13.2 Å². The van der Waals surface area contributed by atoms with Crippen LogP contribution in [0.2, 0.25) is 0 Å². The molecule has 1 aliphatic rings. The summed E-state index contributed by atoms with van der Waals surface area (Å²) in [7, 11) is 0. The maximum absolute atomic E-state index is 13.3. The van der Waals surface area contributed by atoms with E-state index < -0.39 is 0 Å². The van der Waals surface area contributed by atoms with Crippen LogP contribution in [-0.4, -0.2) is 24.9 Å². The molecule has 1 N–H and O–H groups in total. The quantitative estimate of drug-likeness (QED) is 0.342. The van der Waals surface area contributed by atoms with Crippen molar-refractivity contribution in [2.45, 2.75) is 78.1 Å². The molecule has 0 fully saturated rings. The summed E-state index contributed by atoms with van der Waals surface area (Å²) in [5.41, 5.74) is 3.19. The number of anilines is 1. The number of carbonyl (C=O) groups excluding carboxylic acids is 2. The van der Waals surface area contributed by atoms with E-state index in [0.717, 1.165) is 48.3 Å². The van der Waals surface area contributed by atoms with Crippen LogP contribution in [0, 0.1) is 0 Å². The van der Waals surface area contributed by atoms with Gasteiger partial charge >= 0.3 is 0 Å². The molecule has 2 aromatic carbocycles. The highest BCUT2D eigenvalue weighted by molar-refractivity contribution is 5.98. The fraction of sp³-hybridized carbons (Fsp3) is 0.500. The monoisotopic (exact) mass is 451 g/mol. The van der Waals surface area contributed by atoms with Gasteiger partial charge in [0.25, 0.3) is 0 Å². The summed E-state index contributed by atoms with van der Waals surface area (Å²) >= 11 is 0. The molecule has 1 atom stereocenters. The average molecular weight is 452 g/mol. The first-order valence-corrected chi connectivity index (χ1v) is 12.0. The van der Waals surface area contributed by atoms with Crippen molar-refractivity contribution < 1.29 is 19.1 Å². The van der Waals surface area contributed by atoms with E-state index in [2.05, 4.69) is 33.0 Å². The molecule has 0 aromatic heterocycles. The van der Waals surface area contributed by atoms with Gasteiger partial charge in [0.2, 0.25) is 5.91 Å². The summed E-state index contributed by atoms with van der Waals surface area (Å²) in [5, 5.41) is 3.12. The summed E-state index contributed by atoms with van der Waals surface area (Å²) in [6.07, 6.45) is 4.54. The second-order valence-electron chi connectivity index (χ2n) is 9.88. The molecule has 33 heavy (non-hydrogen) atoms. The highest BCUT2D eigenvalue weighted by atomic mass is 16.6. The van der Waals surface area contributed by atoms with Crippen LogP contribution >= 0.6 is 0 Å². The topological polar surface area (TPSA) is 64.6 Å². The smallest absolute Gasteiger partial charge is 0.224 e. The number of hydrogen-bond donors (Lipinski definition) is 1. The number of benzene rings is 2. The van der Waals surface area contributed by atoms with Crippen LogP contribution in [-0.2, 0) is 10.2 Å². The summed E-state index contributed by atoms with van der Waals surface area (Å²) in [5.74, 6) is 1.48. The first kappa shape index (κ1) is 24.8. The average Bonchev–Trinajstić information content (AvgIpc) is 2.77. The Morgan fingerprint density at radius 3 is 2.52 bits per heavy atom. The number of nitrogens with one attached hydrogen (secondary N) is 1. The van der Waals surface area contributed by atoms with E-state index in [4.69, 9.17) is 9.47 Å². The summed E-state index contributed by atoms with van der Waals surface area (Å²) < 4.78 is 11.7. The van der Waals surface area contributed by atoms with Gasteiger partial charge in [-0.2, -0.15) is 0 Å². The van der Waals surface area contributed by atoms with Crippen molar-refractivity contribution in [3.05, 3.63) is 53.1 Å². The lowest BCUT2D eigenvalue weighted by atomic mass is 9.84. The molecule has 3 rings (SSSR count). The van der Waals surface area contributed by atoms with Crippen LogP contribution in [0.15, 0.2) is 36.4 Å². The van der Waals surface area contributed by atoms with Crippen molar-refractivity contribution in [1.29, 1.82) is 0 Å². The lowest BCUT2D eigenvalue weighted by Gasteiger charge is -2.26. The number of ether oxygens (including phenoxy) is 2. The predicted octanol–water partition coefficient (Wildman–Crippen LogP) is 6.65. The van der Waals surface area contributed by atoms with E-state index in [-0.39, 0.29) is 23.0 Å². The first-order chi connectivity index (χ1) is 15.7. The number of ketones is 1. The maximum atomic E-state index is 13.3. The normalized spacial score (nSPS) is 14.0. The van der Waals surface area contributed by atoms with Crippen LogP contribution in [0.4, 0.5) is 5.69 Å². The summed E-state index contributed by atoms with van der Waals surface area (Å²) in [4.78, 5) is 25.2. The molecular weight excluding hydrogens is 414 g/mol. The third-order valence-electron chi connectivity index (χ3n) is 6.13. The van der Waals surface area contributed by atoms with E-state index in [1.54, 1.807) is 13.0 Å². The van der Waals surface area contributed by atoms with E-state index in [1.807, 2.05) is 30.3 Å². The van der Waals surface area contributed by atoms with Crippen LogP contribution in [0.5, 0.6) is 11.5 Å². The molecule has 1 heterocycles. The Kier molecular flexibility index (Phi) is 8.17. The minimum Gasteiger partial charge on any atom is -0.486 e. The number of rotatable bonds is 9. The summed E-state index contributed by atoms with van der Waals surface area (Å²) in [6, 6.07) is 11.5. The Hall–Kier alpha value is -2.82. The fourth-order valence-electron chi connectivity index (χ4n) is 4.37. The molecule has 1 amide bonds. The van der Waals surface area contributed by atoms with Crippen molar-refractivity contribution in [3.8, 4) is 11.5 Å². The summed E-state index contributed by atoms with van der Waals surface area (Å²) in [6.45, 7) is 11.1. The zero-order chi connectivity index (χ0) is 24.0. The van der Waals surface area contributed by atoms with Gasteiger partial charge < -0.3 is 14.8 Å². The molecule has 0 aliphatic carbocycles. The highest BCUT2D eigenvalue weighted by Gasteiger charge is 2.25. The molecule has 1 unspecified atom stereocenters. The third-order valence-corrected chi connectivity index (χ3v) is 6.13. The van der Waals surface area contributed by atoms with Crippen molar-refractivity contribution in [2.75, 3.05) is 18.5 Å². The zero-order valence-corrected chi connectivity index (χ0v) is 20.6. The second kappa shape index (κ2) is 10.9. The fourth-order valence-corrected chi connectivity index (χ4v) is 4.37. The minimum atomic E-state index is -0.165. The lowest BCUT2D eigenvalue weighted by molar-refractivity contribution is -0.116. The van der Waals surface area contributed by atoms with Gasteiger partial charge in [-0.05, 0) is 42.4 Å². The number of para-hydroxylation sites is 1. The predicted molar refractivity (Wildman–Crippen MR) is 133 cm³/mol. The number of unbranched alkanes of at least 4 members (excludes halogenated alkanes) is 2. The third kappa shape index (κ3) is 6.37. The molecule has 0 spiro atoms. The van der Waals surface area contributed by atoms with Crippen LogP contribution < -0.4 is 14.8 Å². The van der Waals surface area contributed by atoms with Gasteiger partial charge in [-0.1, -0.05) is 71.2 Å². The van der Waals surface area contributed by atoms with Crippen LogP contribution in [0.25, 0.3) is 0 Å². The molecule has 0 bridgehead atoms. The zero-order valence-electron chi connectivity index (χ0n) is 20.6. The Morgan fingerprint density at radius 1 is 1.06 bits per heavy atom. The van der Waals surface area contributed by atoms with Gasteiger partial charge in [0.05, 0.1) is 0 Å². The molecule has 2 aromatic rings. The van der Waals surface area contributed by atoms with Crippen LogP contribution in [0.3, 0.4) is 0 Å². The minimum absolute atomic E-state index is 0.0172. The number of carbonyl (C=O) groups is 2. The number of fused-ring (bicyclic) bond motifs is 1. The van der Waals surface area contributed by atoms with E-state index >= 15 is 0 Å². The second-order valence-corrected chi connectivity index (χ2v) is 9.88. The van der Waals surface area contributed by atoms with Gasteiger partial charge in [-0.3, -0.25) is 9.59 Å². The van der Waals surface area contributed by atoms with Crippen LogP contribution in [0.1, 0.15) is 94.1 Å². The molecule has 0 radical (unpaired) electrons. The van der Waals surface area contributed by atoms with Crippen molar-refractivity contribution >= 4 is 17.4 Å². The van der Waals surface area contributed by atoms with Crippen molar-refractivity contribution in [3.63, 3.8) is 0 Å². The molecular formula is C28H37NO4. The number of amides is 1. The standard InChI is InChI=1S/C28H37NO4/c1-6-7-8-10-21(22-11-9-12-25-27(22)33-16-15-32-25)18-26(31)29-24-17-20(19(2)30)13-14-23(24)28(3,4)5/h9,11-14,17,21H,6-8,10,15-16,18H2,1-5H3,(H,29,31). The Balaban J connectivity index is 1.87. The van der Waals surface area contributed by atoms with Crippen molar-refractivity contribution in [2.24, 2.45) is 0 Å². The lowest BCUT2D eigenvalue weighted by Crippen LogP contribution is -2.22. The molecule has 1 aliphatic heterocycles. The highest BCUT2D eigenvalue weighted by Crippen LogP contribution is 2.41. The Morgan fingerprint density at radius 2 is 1.82 bits per heavy atom. The Bertz CT molecular complexity index is 990. The Labute approximate surface area is 197 Å². The molecule has 5 heteroatoms. The van der Waals surface area contributed by atoms with Gasteiger partial charge in [-0.25, -0.2) is 0 Å². The van der Waals surface area contributed by atoms with Gasteiger partial charge in [0, 0.05) is 23.2 Å². The maximum Gasteiger partial charge on any atom is 0.224 e. The van der Waals surface area contributed by atoms with Crippen molar-refractivity contribution in [1.82, 2.24) is 0 Å². The van der Waals surface area contributed by atoms with E-state index in [1.165, 1.54) is 0 Å². The molecule has 0 saturated heterocycles. The first-order valence-electron chi connectivity index (χ1n) is 12.0. The molecule has 178 valence electrons. The molecule has 5 nitrogen and oxygen atoms in total. The van der Waals surface area contributed by atoms with Gasteiger partial charge in [0.15, 0.2) is 17.3 Å². The number of hydrogen-bond acceptors (Lipinski definition) is 4. The molecule has 0 saturated carbocycles. The number of Topliss-reactive ketones (excluding diaryl/α,β-unsaturated/α-hetero) is 1. The largest absolute Gasteiger partial charge is 0.486 e. The SMILES string of the molecule is CCCCCC(CC(=O)Nc1cc(C(C)=O)ccc1C(C)(C)C)c1cccc2c1OCCO2. The van der Waals surface area contributed by atoms with E-state index in [0.29, 0.717) is 30.9 Å².